The average Bonchev–Trinajstić information content (AvgIpc) is 3.28. The second-order valence-electron chi connectivity index (χ2n) is 6.81. The summed E-state index contributed by atoms with van der Waals surface area (Å²) >= 11 is 0. The van der Waals surface area contributed by atoms with Gasteiger partial charge in [-0.25, -0.2) is 0 Å². The van der Waals surface area contributed by atoms with E-state index in [0.717, 1.165) is 24.2 Å². The molecule has 1 amide bonds. The van der Waals surface area contributed by atoms with Crippen molar-refractivity contribution < 1.29 is 9.90 Å². The Kier molecular flexibility index (Phi) is 5.81. The van der Waals surface area contributed by atoms with Crippen LogP contribution in [-0.4, -0.2) is 38.9 Å². The molecule has 0 spiro atoms. The van der Waals surface area contributed by atoms with Gasteiger partial charge in [0.05, 0.1) is 17.8 Å². The molecule has 134 valence electrons. The number of carbonyl (C=O) groups excluding carboxylic acids is 1. The minimum Gasteiger partial charge on any atom is -0.396 e. The summed E-state index contributed by atoms with van der Waals surface area (Å²) in [5.41, 5.74) is 2.47. The highest BCUT2D eigenvalue weighted by Gasteiger charge is 2.22. The molecule has 6 nitrogen and oxygen atoms in total. The number of rotatable bonds is 7. The topological polar surface area (TPSA) is 80.0 Å². The van der Waals surface area contributed by atoms with Gasteiger partial charge in [0.15, 0.2) is 0 Å². The van der Waals surface area contributed by atoms with Gasteiger partial charge < -0.3 is 10.4 Å². The van der Waals surface area contributed by atoms with Crippen LogP contribution in [0.25, 0.3) is 0 Å². The Labute approximate surface area is 148 Å². The highest BCUT2D eigenvalue weighted by atomic mass is 16.3. The van der Waals surface area contributed by atoms with Gasteiger partial charge in [0.25, 0.3) is 5.91 Å². The minimum atomic E-state index is -0.124. The highest BCUT2D eigenvalue weighted by molar-refractivity contribution is 5.95. The van der Waals surface area contributed by atoms with Gasteiger partial charge in [-0.15, -0.1) is 0 Å². The molecule has 1 aliphatic rings. The quantitative estimate of drug-likeness (QED) is 0.809. The van der Waals surface area contributed by atoms with Gasteiger partial charge >= 0.3 is 0 Å². The van der Waals surface area contributed by atoms with E-state index in [0.29, 0.717) is 24.6 Å². The summed E-state index contributed by atoms with van der Waals surface area (Å²) in [6, 6.07) is 6.15. The van der Waals surface area contributed by atoms with Crippen LogP contribution in [0.15, 0.2) is 30.6 Å². The number of amides is 1. The molecule has 0 bridgehead atoms. The van der Waals surface area contributed by atoms with Gasteiger partial charge in [-0.05, 0) is 38.3 Å². The van der Waals surface area contributed by atoms with E-state index in [1.807, 2.05) is 29.8 Å². The van der Waals surface area contributed by atoms with Crippen LogP contribution in [0.3, 0.4) is 0 Å². The summed E-state index contributed by atoms with van der Waals surface area (Å²) in [4.78, 5) is 16.8. The molecule has 2 aromatic rings. The fourth-order valence-electron chi connectivity index (χ4n) is 3.51. The minimum absolute atomic E-state index is 0.0111. The first kappa shape index (κ1) is 17.6. The van der Waals surface area contributed by atoms with Crippen LogP contribution in [0.5, 0.6) is 0 Å². The van der Waals surface area contributed by atoms with Gasteiger partial charge in [-0.2, -0.15) is 5.10 Å². The number of nitrogens with zero attached hydrogens (tertiary/aromatic N) is 3. The van der Waals surface area contributed by atoms with E-state index in [2.05, 4.69) is 15.4 Å². The zero-order valence-corrected chi connectivity index (χ0v) is 14.7. The molecule has 1 atom stereocenters. The van der Waals surface area contributed by atoms with Crippen LogP contribution in [0.1, 0.15) is 53.5 Å². The monoisotopic (exact) mass is 342 g/mol. The third kappa shape index (κ3) is 4.25. The largest absolute Gasteiger partial charge is 0.396 e. The summed E-state index contributed by atoms with van der Waals surface area (Å²) in [5, 5.41) is 16.9. The molecule has 2 N–H and O–H groups in total. The fraction of sp³-hybridized carbons (Fsp3) is 0.526. The molecule has 25 heavy (non-hydrogen) atoms. The molecule has 1 saturated carbocycles. The van der Waals surface area contributed by atoms with Crippen molar-refractivity contribution >= 4 is 5.91 Å². The number of aromatic nitrogens is 3. The van der Waals surface area contributed by atoms with Crippen molar-refractivity contribution in [2.75, 3.05) is 13.2 Å². The Hall–Kier alpha value is -2.21. The molecule has 1 unspecified atom stereocenters. The SMILES string of the molecule is Cc1c(C(=O)NCC(CO)Cc2ccccn2)cnn1C1CCCC1. The Morgan fingerprint density at radius 2 is 2.20 bits per heavy atom. The van der Waals surface area contributed by atoms with Crippen molar-refractivity contribution in [2.45, 2.75) is 45.1 Å². The van der Waals surface area contributed by atoms with E-state index >= 15 is 0 Å². The number of hydrogen-bond donors (Lipinski definition) is 2. The van der Waals surface area contributed by atoms with Gasteiger partial charge in [0, 0.05) is 36.7 Å². The predicted molar refractivity (Wildman–Crippen MR) is 95.3 cm³/mol. The summed E-state index contributed by atoms with van der Waals surface area (Å²) in [6.07, 6.45) is 8.78. The Balaban J connectivity index is 1.58. The zero-order chi connectivity index (χ0) is 17.6. The summed E-state index contributed by atoms with van der Waals surface area (Å²) in [7, 11) is 0. The standard InChI is InChI=1S/C19H26N4O2/c1-14-18(12-22-23(14)17-7-2-3-8-17)19(25)21-11-15(13-24)10-16-6-4-5-9-20-16/h4-6,9,12,15,17,24H,2-3,7-8,10-11,13H2,1H3,(H,21,25). The van der Waals surface area contributed by atoms with E-state index in [1.54, 1.807) is 12.4 Å². The van der Waals surface area contributed by atoms with Crippen LogP contribution >= 0.6 is 0 Å². The first-order chi connectivity index (χ1) is 12.2. The van der Waals surface area contributed by atoms with Crippen molar-refractivity contribution in [3.8, 4) is 0 Å². The number of aliphatic hydroxyl groups is 1. The van der Waals surface area contributed by atoms with E-state index in [4.69, 9.17) is 0 Å². The molecule has 0 radical (unpaired) electrons. The second kappa shape index (κ2) is 8.25. The van der Waals surface area contributed by atoms with E-state index < -0.39 is 0 Å². The summed E-state index contributed by atoms with van der Waals surface area (Å²) < 4.78 is 2.00. The van der Waals surface area contributed by atoms with Crippen molar-refractivity contribution in [3.63, 3.8) is 0 Å². The predicted octanol–water partition coefficient (Wildman–Crippen LogP) is 2.28. The molecule has 2 aromatic heterocycles. The average molecular weight is 342 g/mol. The third-order valence-electron chi connectivity index (χ3n) is 4.99. The van der Waals surface area contributed by atoms with Crippen LogP contribution in [0.4, 0.5) is 0 Å². The molecule has 0 aromatic carbocycles. The summed E-state index contributed by atoms with van der Waals surface area (Å²) in [6.45, 7) is 2.38. The number of hydrogen-bond acceptors (Lipinski definition) is 4. The molecule has 2 heterocycles. The maximum Gasteiger partial charge on any atom is 0.254 e. The molecule has 1 fully saturated rings. The van der Waals surface area contributed by atoms with Gasteiger partial charge in [-0.1, -0.05) is 18.9 Å². The van der Waals surface area contributed by atoms with Crippen LogP contribution in [0, 0.1) is 12.8 Å². The van der Waals surface area contributed by atoms with Crippen molar-refractivity contribution in [1.82, 2.24) is 20.1 Å². The fourth-order valence-corrected chi connectivity index (χ4v) is 3.51. The van der Waals surface area contributed by atoms with Gasteiger partial charge in [0.1, 0.15) is 0 Å². The highest BCUT2D eigenvalue weighted by Crippen LogP contribution is 2.30. The van der Waals surface area contributed by atoms with Crippen LogP contribution < -0.4 is 5.32 Å². The smallest absolute Gasteiger partial charge is 0.254 e. The van der Waals surface area contributed by atoms with E-state index in [-0.39, 0.29) is 18.4 Å². The lowest BCUT2D eigenvalue weighted by Crippen LogP contribution is -2.32. The lowest BCUT2D eigenvalue weighted by molar-refractivity contribution is 0.0939. The van der Waals surface area contributed by atoms with Crippen LogP contribution in [0.2, 0.25) is 0 Å². The Morgan fingerprint density at radius 1 is 1.40 bits per heavy atom. The lowest BCUT2D eigenvalue weighted by Gasteiger charge is -2.15. The molecular weight excluding hydrogens is 316 g/mol. The molecule has 6 heteroatoms. The maximum absolute atomic E-state index is 12.5. The third-order valence-corrected chi connectivity index (χ3v) is 4.99. The van der Waals surface area contributed by atoms with Crippen molar-refractivity contribution in [2.24, 2.45) is 5.92 Å². The second-order valence-corrected chi connectivity index (χ2v) is 6.81. The van der Waals surface area contributed by atoms with Crippen molar-refractivity contribution in [1.29, 1.82) is 0 Å². The first-order valence-electron chi connectivity index (χ1n) is 9.02. The molecule has 1 aliphatic carbocycles. The Bertz CT molecular complexity index is 693. The number of nitrogens with one attached hydrogen (secondary N) is 1. The normalized spacial score (nSPS) is 16.1. The molecule has 0 saturated heterocycles. The van der Waals surface area contributed by atoms with Crippen LogP contribution in [-0.2, 0) is 6.42 Å². The maximum atomic E-state index is 12.5. The van der Waals surface area contributed by atoms with E-state index in [9.17, 15) is 9.90 Å². The first-order valence-corrected chi connectivity index (χ1v) is 9.02. The number of carbonyl (C=O) groups is 1. The number of aliphatic hydroxyl groups excluding tert-OH is 1. The van der Waals surface area contributed by atoms with E-state index in [1.165, 1.54) is 12.8 Å². The van der Waals surface area contributed by atoms with Gasteiger partial charge in [-0.3, -0.25) is 14.5 Å². The molecule has 0 aliphatic heterocycles. The number of pyridine rings is 1. The molecular formula is C19H26N4O2. The molecule has 3 rings (SSSR count). The van der Waals surface area contributed by atoms with Gasteiger partial charge in [0.2, 0.25) is 0 Å². The Morgan fingerprint density at radius 3 is 2.88 bits per heavy atom. The zero-order valence-electron chi connectivity index (χ0n) is 14.7. The lowest BCUT2D eigenvalue weighted by atomic mass is 10.0. The summed E-state index contributed by atoms with van der Waals surface area (Å²) in [5.74, 6) is -0.176. The van der Waals surface area contributed by atoms with Crippen molar-refractivity contribution in [3.05, 3.63) is 47.5 Å².